The fraction of sp³-hybridized carbons (Fsp3) is 0.556. The number of carbonyl (C=O) groups is 2. The first kappa shape index (κ1) is 18.2. The number of carbonyl (C=O) groups excluding carboxylic acids is 2. The third-order valence-corrected chi connectivity index (χ3v) is 3.70. The second-order valence-corrected chi connectivity index (χ2v) is 6.00. The van der Waals surface area contributed by atoms with Crippen molar-refractivity contribution in [3.63, 3.8) is 0 Å². The van der Waals surface area contributed by atoms with Gasteiger partial charge in [-0.2, -0.15) is 0 Å². The molecule has 0 saturated carbocycles. The van der Waals surface area contributed by atoms with Crippen molar-refractivity contribution < 1.29 is 9.59 Å². The van der Waals surface area contributed by atoms with E-state index in [1.165, 1.54) is 0 Å². The van der Waals surface area contributed by atoms with Crippen LogP contribution >= 0.6 is 0 Å². The quantitative estimate of drug-likeness (QED) is 0.799. The largest absolute Gasteiger partial charge is 0.342 e. The number of nitrogens with zero attached hydrogens (tertiary/aromatic N) is 1. The molecule has 122 valence electrons. The molecule has 0 bridgehead atoms. The van der Waals surface area contributed by atoms with Crippen LogP contribution in [0, 0.1) is 5.92 Å². The summed E-state index contributed by atoms with van der Waals surface area (Å²) in [5.74, 6) is 0.534. The van der Waals surface area contributed by atoms with Crippen LogP contribution in [0.1, 0.15) is 46.1 Å². The molecule has 0 heterocycles. The maximum absolute atomic E-state index is 12.1. The summed E-state index contributed by atoms with van der Waals surface area (Å²) in [7, 11) is 0. The Morgan fingerprint density at radius 1 is 1.18 bits per heavy atom. The Kier molecular flexibility index (Phi) is 7.64. The van der Waals surface area contributed by atoms with E-state index < -0.39 is 0 Å². The number of hydrogen-bond acceptors (Lipinski definition) is 2. The molecule has 0 aliphatic rings. The maximum Gasteiger partial charge on any atom is 0.226 e. The summed E-state index contributed by atoms with van der Waals surface area (Å²) in [6.07, 6.45) is 2.17. The Hall–Kier alpha value is -1.84. The zero-order valence-electron chi connectivity index (χ0n) is 14.2. The molecule has 0 atom stereocenters. The van der Waals surface area contributed by atoms with Crippen molar-refractivity contribution >= 4 is 17.5 Å². The zero-order valence-corrected chi connectivity index (χ0v) is 14.2. The molecule has 0 aromatic heterocycles. The van der Waals surface area contributed by atoms with Crippen LogP contribution in [0.4, 0.5) is 5.69 Å². The molecular formula is C18H28N2O2. The van der Waals surface area contributed by atoms with Crippen LogP contribution in [0.25, 0.3) is 0 Å². The lowest BCUT2D eigenvalue weighted by Crippen LogP contribution is -2.33. The molecule has 1 rings (SSSR count). The van der Waals surface area contributed by atoms with Crippen molar-refractivity contribution in [3.05, 3.63) is 29.8 Å². The first-order valence-electron chi connectivity index (χ1n) is 8.07. The second kappa shape index (κ2) is 9.23. The molecular weight excluding hydrogens is 276 g/mol. The van der Waals surface area contributed by atoms with Crippen molar-refractivity contribution in [2.24, 2.45) is 5.92 Å². The molecule has 1 aromatic rings. The van der Waals surface area contributed by atoms with Crippen LogP contribution in [0.3, 0.4) is 0 Å². The number of nitrogens with one attached hydrogen (secondary N) is 1. The lowest BCUT2D eigenvalue weighted by atomic mass is 10.1. The Morgan fingerprint density at radius 2 is 1.86 bits per heavy atom. The van der Waals surface area contributed by atoms with Crippen molar-refractivity contribution in [1.82, 2.24) is 4.90 Å². The number of rotatable bonds is 8. The molecule has 1 N–H and O–H groups in total. The highest BCUT2D eigenvalue weighted by Gasteiger charge is 2.12. The lowest BCUT2D eigenvalue weighted by Gasteiger charge is -2.22. The van der Waals surface area contributed by atoms with Gasteiger partial charge < -0.3 is 10.2 Å². The average molecular weight is 304 g/mol. The maximum atomic E-state index is 12.1. The third kappa shape index (κ3) is 6.29. The highest BCUT2D eigenvalue weighted by atomic mass is 16.2. The minimum absolute atomic E-state index is 0.0300. The van der Waals surface area contributed by atoms with Gasteiger partial charge in [-0.1, -0.05) is 39.0 Å². The van der Waals surface area contributed by atoms with Gasteiger partial charge in [-0.15, -0.1) is 0 Å². The topological polar surface area (TPSA) is 49.4 Å². The van der Waals surface area contributed by atoms with Crippen molar-refractivity contribution in [2.45, 2.75) is 47.0 Å². The lowest BCUT2D eigenvalue weighted by molar-refractivity contribution is -0.129. The normalized spacial score (nSPS) is 10.6. The molecule has 0 radical (unpaired) electrons. The van der Waals surface area contributed by atoms with Gasteiger partial charge in [0.05, 0.1) is 0 Å². The molecule has 0 fully saturated rings. The molecule has 0 unspecified atom stereocenters. The van der Waals surface area contributed by atoms with Crippen molar-refractivity contribution in [2.75, 3.05) is 18.4 Å². The van der Waals surface area contributed by atoms with Crippen LogP contribution in [0.5, 0.6) is 0 Å². The van der Waals surface area contributed by atoms with Gasteiger partial charge in [-0.05, 0) is 30.4 Å². The van der Waals surface area contributed by atoms with E-state index in [4.69, 9.17) is 0 Å². The van der Waals surface area contributed by atoms with Crippen LogP contribution in [0.15, 0.2) is 24.3 Å². The molecule has 1 aromatic carbocycles. The number of amides is 2. The first-order chi connectivity index (χ1) is 10.4. The van der Waals surface area contributed by atoms with E-state index in [-0.39, 0.29) is 11.8 Å². The first-order valence-corrected chi connectivity index (χ1v) is 8.07. The molecule has 0 saturated heterocycles. The van der Waals surface area contributed by atoms with Crippen molar-refractivity contribution in [1.29, 1.82) is 0 Å². The highest BCUT2D eigenvalue weighted by molar-refractivity contribution is 5.91. The van der Waals surface area contributed by atoms with Crippen molar-refractivity contribution in [3.8, 4) is 0 Å². The monoisotopic (exact) mass is 304 g/mol. The summed E-state index contributed by atoms with van der Waals surface area (Å²) in [5.41, 5.74) is 1.99. The predicted octanol–water partition coefficient (Wildman–Crippen LogP) is 3.47. The van der Waals surface area contributed by atoms with Gasteiger partial charge in [0, 0.05) is 32.1 Å². The molecule has 0 spiro atoms. The minimum atomic E-state index is -0.0447. The van der Waals surface area contributed by atoms with Gasteiger partial charge in [-0.25, -0.2) is 0 Å². The SMILES string of the molecule is CCc1ccccc1NC(=O)CCN(CCC(C)C)C(C)=O. The molecule has 0 aliphatic heterocycles. The van der Waals surface area contributed by atoms with Gasteiger partial charge >= 0.3 is 0 Å². The fourth-order valence-electron chi connectivity index (χ4n) is 2.24. The third-order valence-electron chi connectivity index (χ3n) is 3.70. The number of hydrogen-bond donors (Lipinski definition) is 1. The smallest absolute Gasteiger partial charge is 0.226 e. The molecule has 4 nitrogen and oxygen atoms in total. The standard InChI is InChI=1S/C18H28N2O2/c1-5-16-8-6-7-9-17(16)19-18(22)11-13-20(15(4)21)12-10-14(2)3/h6-9,14H,5,10-13H2,1-4H3,(H,19,22). The average Bonchev–Trinajstić information content (AvgIpc) is 2.47. The van der Waals surface area contributed by atoms with Crippen LogP contribution in [-0.4, -0.2) is 29.8 Å². The van der Waals surface area contributed by atoms with E-state index >= 15 is 0 Å². The summed E-state index contributed by atoms with van der Waals surface area (Å²) >= 11 is 0. The van der Waals surface area contributed by atoms with E-state index in [9.17, 15) is 9.59 Å². The van der Waals surface area contributed by atoms with Crippen LogP contribution in [0.2, 0.25) is 0 Å². The predicted molar refractivity (Wildman–Crippen MR) is 90.8 cm³/mol. The van der Waals surface area contributed by atoms with Crippen LogP contribution < -0.4 is 5.32 Å². The number of aryl methyl sites for hydroxylation is 1. The number of anilines is 1. The summed E-state index contributed by atoms with van der Waals surface area (Å²) in [4.78, 5) is 25.5. The van der Waals surface area contributed by atoms with Gasteiger partial charge in [0.2, 0.25) is 11.8 Å². The Balaban J connectivity index is 2.51. The molecule has 4 heteroatoms. The van der Waals surface area contributed by atoms with E-state index in [1.54, 1.807) is 11.8 Å². The van der Waals surface area contributed by atoms with Crippen LogP contribution in [-0.2, 0) is 16.0 Å². The Labute approximate surface area is 133 Å². The van der Waals surface area contributed by atoms with Gasteiger partial charge in [0.15, 0.2) is 0 Å². The van der Waals surface area contributed by atoms with E-state index in [2.05, 4.69) is 26.1 Å². The fourth-order valence-corrected chi connectivity index (χ4v) is 2.24. The Bertz CT molecular complexity index is 498. The zero-order chi connectivity index (χ0) is 16.5. The van der Waals surface area contributed by atoms with Gasteiger partial charge in [0.1, 0.15) is 0 Å². The van der Waals surface area contributed by atoms with Gasteiger partial charge in [-0.3, -0.25) is 9.59 Å². The summed E-state index contributed by atoms with van der Waals surface area (Å²) < 4.78 is 0. The van der Waals surface area contributed by atoms with E-state index in [0.29, 0.717) is 25.4 Å². The number of para-hydroxylation sites is 1. The van der Waals surface area contributed by atoms with E-state index in [0.717, 1.165) is 24.1 Å². The second-order valence-electron chi connectivity index (χ2n) is 6.00. The van der Waals surface area contributed by atoms with E-state index in [1.807, 2.05) is 24.3 Å². The molecule has 22 heavy (non-hydrogen) atoms. The molecule has 2 amide bonds. The summed E-state index contributed by atoms with van der Waals surface area (Å²) in [5, 5.41) is 2.94. The van der Waals surface area contributed by atoms with Gasteiger partial charge in [0.25, 0.3) is 0 Å². The number of benzene rings is 1. The minimum Gasteiger partial charge on any atom is -0.342 e. The highest BCUT2D eigenvalue weighted by Crippen LogP contribution is 2.15. The Morgan fingerprint density at radius 3 is 2.45 bits per heavy atom. The molecule has 0 aliphatic carbocycles. The summed E-state index contributed by atoms with van der Waals surface area (Å²) in [6, 6.07) is 7.82. The summed E-state index contributed by atoms with van der Waals surface area (Å²) in [6.45, 7) is 9.08.